The number of nitrogens with one attached hydrogen (secondary N) is 2. The minimum atomic E-state index is -0.579. The first-order valence-electron chi connectivity index (χ1n) is 10.8. The van der Waals surface area contributed by atoms with Gasteiger partial charge >= 0.3 is 6.03 Å². The molecule has 1 saturated heterocycles. The molecule has 1 aromatic heterocycles. The standard InChI is InChI=1S/C24H28N4O3/c1-16(2)21(27-24(30)25-18-8-4-3-5-9-18)23(29)28-14-12-17(13-15-28)22-26-19-10-6-7-11-20(19)31-22/h3-11,16-17,21H,12-15H2,1-2H3,(H2,25,27,30). The first-order valence-corrected chi connectivity index (χ1v) is 10.8. The fraction of sp³-hybridized carbons (Fsp3) is 0.375. The number of fused-ring (bicyclic) bond motifs is 1. The van der Waals surface area contributed by atoms with Gasteiger partial charge in [-0.05, 0) is 43.0 Å². The number of urea groups is 1. The van der Waals surface area contributed by atoms with Gasteiger partial charge in [-0.25, -0.2) is 9.78 Å². The number of para-hydroxylation sites is 3. The molecular formula is C24H28N4O3. The van der Waals surface area contributed by atoms with Gasteiger partial charge in [0, 0.05) is 24.7 Å². The fourth-order valence-electron chi connectivity index (χ4n) is 3.95. The predicted molar refractivity (Wildman–Crippen MR) is 120 cm³/mol. The Kier molecular flexibility index (Phi) is 6.21. The lowest BCUT2D eigenvalue weighted by Gasteiger charge is -2.34. The maximum Gasteiger partial charge on any atom is 0.319 e. The number of carbonyl (C=O) groups excluding carboxylic acids is 2. The molecule has 1 unspecified atom stereocenters. The van der Waals surface area contributed by atoms with E-state index in [0.29, 0.717) is 18.8 Å². The Morgan fingerprint density at radius 3 is 2.39 bits per heavy atom. The molecule has 7 heteroatoms. The number of carbonyl (C=O) groups is 2. The van der Waals surface area contributed by atoms with Crippen molar-refractivity contribution < 1.29 is 14.0 Å². The zero-order chi connectivity index (χ0) is 21.8. The highest BCUT2D eigenvalue weighted by atomic mass is 16.3. The molecule has 3 aromatic rings. The van der Waals surface area contributed by atoms with Gasteiger partial charge in [-0.15, -0.1) is 0 Å². The quantitative estimate of drug-likeness (QED) is 0.641. The van der Waals surface area contributed by atoms with Crippen LogP contribution in [0.2, 0.25) is 0 Å². The van der Waals surface area contributed by atoms with Crippen LogP contribution in [0.3, 0.4) is 0 Å². The molecule has 3 amide bonds. The van der Waals surface area contributed by atoms with E-state index in [4.69, 9.17) is 4.42 Å². The van der Waals surface area contributed by atoms with Crippen molar-refractivity contribution in [3.8, 4) is 0 Å². The Balaban J connectivity index is 1.35. The van der Waals surface area contributed by atoms with Crippen molar-refractivity contribution in [1.29, 1.82) is 0 Å². The Morgan fingerprint density at radius 1 is 1.03 bits per heavy atom. The molecule has 31 heavy (non-hydrogen) atoms. The molecule has 1 fully saturated rings. The van der Waals surface area contributed by atoms with Crippen LogP contribution in [-0.2, 0) is 4.79 Å². The maximum absolute atomic E-state index is 13.2. The van der Waals surface area contributed by atoms with E-state index in [1.165, 1.54) is 0 Å². The zero-order valence-electron chi connectivity index (χ0n) is 17.9. The number of oxazole rings is 1. The smallest absolute Gasteiger partial charge is 0.319 e. The van der Waals surface area contributed by atoms with Crippen LogP contribution in [0.4, 0.5) is 10.5 Å². The monoisotopic (exact) mass is 420 g/mol. The Hall–Kier alpha value is -3.35. The molecule has 2 heterocycles. The number of nitrogens with zero attached hydrogens (tertiary/aromatic N) is 2. The number of hydrogen-bond acceptors (Lipinski definition) is 4. The first kappa shape index (κ1) is 20.9. The van der Waals surface area contributed by atoms with Crippen molar-refractivity contribution in [2.75, 3.05) is 18.4 Å². The molecule has 0 radical (unpaired) electrons. The number of anilines is 1. The largest absolute Gasteiger partial charge is 0.440 e. The summed E-state index contributed by atoms with van der Waals surface area (Å²) in [5, 5.41) is 5.64. The summed E-state index contributed by atoms with van der Waals surface area (Å²) < 4.78 is 5.92. The number of amides is 3. The number of aromatic nitrogens is 1. The molecule has 2 aromatic carbocycles. The molecule has 1 aliphatic rings. The minimum Gasteiger partial charge on any atom is -0.440 e. The van der Waals surface area contributed by atoms with Gasteiger partial charge in [0.05, 0.1) is 0 Å². The molecule has 0 aliphatic carbocycles. The first-order chi connectivity index (χ1) is 15.0. The van der Waals surface area contributed by atoms with Crippen LogP contribution in [0, 0.1) is 5.92 Å². The van der Waals surface area contributed by atoms with Crippen LogP contribution in [0.15, 0.2) is 59.0 Å². The summed E-state index contributed by atoms with van der Waals surface area (Å²) in [7, 11) is 0. The van der Waals surface area contributed by atoms with Crippen molar-refractivity contribution in [1.82, 2.24) is 15.2 Å². The minimum absolute atomic E-state index is 0.0243. The Bertz CT molecular complexity index is 1010. The van der Waals surface area contributed by atoms with Crippen molar-refractivity contribution in [2.45, 2.75) is 38.6 Å². The van der Waals surface area contributed by atoms with Crippen molar-refractivity contribution in [3.63, 3.8) is 0 Å². The van der Waals surface area contributed by atoms with Crippen LogP contribution in [0.1, 0.15) is 38.5 Å². The van der Waals surface area contributed by atoms with E-state index in [9.17, 15) is 9.59 Å². The fourth-order valence-corrected chi connectivity index (χ4v) is 3.95. The number of hydrogen-bond donors (Lipinski definition) is 2. The van der Waals surface area contributed by atoms with Crippen LogP contribution in [0.25, 0.3) is 11.1 Å². The topological polar surface area (TPSA) is 87.5 Å². The van der Waals surface area contributed by atoms with Gasteiger partial charge in [-0.1, -0.05) is 44.2 Å². The van der Waals surface area contributed by atoms with E-state index in [1.807, 2.05) is 73.3 Å². The van der Waals surface area contributed by atoms with Gasteiger partial charge in [0.15, 0.2) is 11.5 Å². The van der Waals surface area contributed by atoms with Crippen molar-refractivity contribution in [3.05, 3.63) is 60.5 Å². The van der Waals surface area contributed by atoms with Crippen LogP contribution in [0.5, 0.6) is 0 Å². The molecule has 1 atom stereocenters. The van der Waals surface area contributed by atoms with Gasteiger partial charge in [0.1, 0.15) is 11.6 Å². The van der Waals surface area contributed by atoms with Gasteiger partial charge in [0.25, 0.3) is 0 Å². The van der Waals surface area contributed by atoms with Crippen LogP contribution < -0.4 is 10.6 Å². The summed E-state index contributed by atoms with van der Waals surface area (Å²) in [6, 6.07) is 16.0. The lowest BCUT2D eigenvalue weighted by molar-refractivity contribution is -0.135. The predicted octanol–water partition coefficient (Wildman–Crippen LogP) is 4.38. The molecule has 1 aliphatic heterocycles. The van der Waals surface area contributed by atoms with Crippen molar-refractivity contribution >= 4 is 28.7 Å². The number of benzene rings is 2. The number of rotatable bonds is 5. The number of piperidine rings is 1. The summed E-state index contributed by atoms with van der Waals surface area (Å²) in [6.45, 7) is 5.12. The molecule has 162 valence electrons. The Labute approximate surface area is 181 Å². The maximum atomic E-state index is 13.2. The SMILES string of the molecule is CC(C)C(NC(=O)Nc1ccccc1)C(=O)N1CCC(c2nc3ccccc3o2)CC1. The Morgan fingerprint density at radius 2 is 1.71 bits per heavy atom. The van der Waals surface area contributed by atoms with Gasteiger partial charge < -0.3 is 20.0 Å². The lowest BCUT2D eigenvalue weighted by Crippen LogP contribution is -2.53. The highest BCUT2D eigenvalue weighted by Gasteiger charge is 2.32. The third kappa shape index (κ3) is 4.87. The van der Waals surface area contributed by atoms with E-state index in [1.54, 1.807) is 0 Å². The average molecular weight is 421 g/mol. The molecular weight excluding hydrogens is 392 g/mol. The zero-order valence-corrected chi connectivity index (χ0v) is 17.9. The van der Waals surface area contributed by atoms with Gasteiger partial charge in [-0.3, -0.25) is 4.79 Å². The summed E-state index contributed by atoms with van der Waals surface area (Å²) in [5.41, 5.74) is 2.35. The third-order valence-corrected chi connectivity index (χ3v) is 5.72. The molecule has 4 rings (SSSR count). The average Bonchev–Trinajstić information content (AvgIpc) is 3.22. The lowest BCUT2D eigenvalue weighted by atomic mass is 9.95. The van der Waals surface area contributed by atoms with E-state index < -0.39 is 6.04 Å². The molecule has 7 nitrogen and oxygen atoms in total. The van der Waals surface area contributed by atoms with Crippen molar-refractivity contribution in [2.24, 2.45) is 5.92 Å². The second-order valence-corrected chi connectivity index (χ2v) is 8.31. The second-order valence-electron chi connectivity index (χ2n) is 8.31. The summed E-state index contributed by atoms with van der Waals surface area (Å²) in [6.07, 6.45) is 1.58. The highest BCUT2D eigenvalue weighted by Crippen LogP contribution is 2.30. The normalized spacial score (nSPS) is 15.8. The molecule has 0 spiro atoms. The summed E-state index contributed by atoms with van der Waals surface area (Å²) >= 11 is 0. The van der Waals surface area contributed by atoms with Gasteiger partial charge in [-0.2, -0.15) is 0 Å². The highest BCUT2D eigenvalue weighted by molar-refractivity contribution is 5.93. The van der Waals surface area contributed by atoms with Crippen LogP contribution >= 0.6 is 0 Å². The number of likely N-dealkylation sites (tertiary alicyclic amines) is 1. The second kappa shape index (κ2) is 9.20. The van der Waals surface area contributed by atoms with Gasteiger partial charge in [0.2, 0.25) is 5.91 Å². The molecule has 2 N–H and O–H groups in total. The van der Waals surface area contributed by atoms with E-state index in [2.05, 4.69) is 15.6 Å². The summed E-state index contributed by atoms with van der Waals surface area (Å²) in [4.78, 5) is 32.0. The van der Waals surface area contributed by atoms with Crippen LogP contribution in [-0.4, -0.2) is 41.0 Å². The third-order valence-electron chi connectivity index (χ3n) is 5.72. The molecule has 0 saturated carbocycles. The van der Waals surface area contributed by atoms with E-state index >= 15 is 0 Å². The van der Waals surface area contributed by atoms with E-state index in [-0.39, 0.29) is 23.8 Å². The summed E-state index contributed by atoms with van der Waals surface area (Å²) in [5.74, 6) is 0.871. The molecule has 0 bridgehead atoms. The van der Waals surface area contributed by atoms with E-state index in [0.717, 1.165) is 29.8 Å².